The van der Waals surface area contributed by atoms with Gasteiger partial charge in [-0.1, -0.05) is 17.7 Å². The van der Waals surface area contributed by atoms with E-state index < -0.39 is 0 Å². The van der Waals surface area contributed by atoms with Gasteiger partial charge in [0.25, 0.3) is 0 Å². The number of rotatable bonds is 8. The van der Waals surface area contributed by atoms with E-state index in [2.05, 4.69) is 31.8 Å². The van der Waals surface area contributed by atoms with E-state index in [-0.39, 0.29) is 11.7 Å². The molecule has 1 aliphatic rings. The molecule has 1 aliphatic carbocycles. The molecule has 0 spiro atoms. The van der Waals surface area contributed by atoms with Crippen LogP contribution in [0, 0.1) is 20.8 Å². The summed E-state index contributed by atoms with van der Waals surface area (Å²) in [4.78, 5) is 25.5. The van der Waals surface area contributed by atoms with Crippen LogP contribution >= 0.6 is 11.8 Å². The SMILES string of the molecule is Cc1ccc(Nc2nc(N)nc(CSCC(=O)c3cc(C)n(C4CC4)c3C)n2)cc1. The van der Waals surface area contributed by atoms with Crippen molar-refractivity contribution >= 4 is 35.1 Å². The number of hydrogen-bond donors (Lipinski definition) is 2. The van der Waals surface area contributed by atoms with Gasteiger partial charge in [-0.3, -0.25) is 4.79 Å². The molecule has 2 heterocycles. The van der Waals surface area contributed by atoms with E-state index >= 15 is 0 Å². The number of nitrogens with zero attached hydrogens (tertiary/aromatic N) is 4. The van der Waals surface area contributed by atoms with Crippen LogP contribution in [0.3, 0.4) is 0 Å². The van der Waals surface area contributed by atoms with E-state index in [4.69, 9.17) is 5.73 Å². The van der Waals surface area contributed by atoms with Gasteiger partial charge < -0.3 is 15.6 Å². The fourth-order valence-electron chi connectivity index (χ4n) is 3.59. The van der Waals surface area contributed by atoms with E-state index in [9.17, 15) is 4.79 Å². The summed E-state index contributed by atoms with van der Waals surface area (Å²) in [6.45, 7) is 6.15. The minimum atomic E-state index is 0.139. The zero-order valence-corrected chi connectivity index (χ0v) is 18.3. The number of nitrogens with two attached hydrogens (primary N) is 1. The number of ketones is 1. The van der Waals surface area contributed by atoms with Crippen molar-refractivity contribution in [3.8, 4) is 0 Å². The molecule has 0 saturated heterocycles. The summed E-state index contributed by atoms with van der Waals surface area (Å²) in [6, 6.07) is 10.5. The first-order chi connectivity index (χ1) is 14.4. The van der Waals surface area contributed by atoms with E-state index in [1.165, 1.54) is 35.9 Å². The van der Waals surface area contributed by atoms with Gasteiger partial charge in [-0.2, -0.15) is 15.0 Å². The van der Waals surface area contributed by atoms with Crippen molar-refractivity contribution in [1.29, 1.82) is 0 Å². The molecule has 7 nitrogen and oxygen atoms in total. The van der Waals surface area contributed by atoms with E-state index in [1.807, 2.05) is 44.2 Å². The van der Waals surface area contributed by atoms with Gasteiger partial charge in [0, 0.05) is 28.7 Å². The zero-order chi connectivity index (χ0) is 21.3. The Labute approximate surface area is 180 Å². The summed E-state index contributed by atoms with van der Waals surface area (Å²) in [7, 11) is 0. The first-order valence-corrected chi connectivity index (χ1v) is 11.2. The maximum atomic E-state index is 12.7. The first-order valence-electron chi connectivity index (χ1n) is 10.0. The molecular formula is C22H26N6OS. The number of nitrogens with one attached hydrogen (secondary N) is 1. The molecule has 4 rings (SSSR count). The highest BCUT2D eigenvalue weighted by Crippen LogP contribution is 2.38. The number of thioether (sulfide) groups is 1. The first kappa shape index (κ1) is 20.4. The molecule has 0 amide bonds. The Balaban J connectivity index is 1.38. The molecule has 3 N–H and O–H groups in total. The molecular weight excluding hydrogens is 396 g/mol. The highest BCUT2D eigenvalue weighted by molar-refractivity contribution is 7.99. The molecule has 1 fully saturated rings. The predicted molar refractivity (Wildman–Crippen MR) is 121 cm³/mol. The van der Waals surface area contributed by atoms with Crippen molar-refractivity contribution in [3.63, 3.8) is 0 Å². The lowest BCUT2D eigenvalue weighted by Gasteiger charge is -2.08. The average Bonchev–Trinajstić information content (AvgIpc) is 3.48. The van der Waals surface area contributed by atoms with Gasteiger partial charge in [-0.25, -0.2) is 0 Å². The number of nitrogen functional groups attached to an aromatic ring is 1. The predicted octanol–water partition coefficient (Wildman–Crippen LogP) is 4.38. The number of Topliss-reactive ketones (excluding diaryl/α,β-unsaturated/α-hetero) is 1. The number of carbonyl (C=O) groups excluding carboxylic acids is 1. The summed E-state index contributed by atoms with van der Waals surface area (Å²) in [5.74, 6) is 2.12. The molecule has 30 heavy (non-hydrogen) atoms. The van der Waals surface area contributed by atoms with Crippen LogP contribution in [0.1, 0.15) is 52.0 Å². The van der Waals surface area contributed by atoms with Crippen LogP contribution in [0.5, 0.6) is 0 Å². The number of aryl methyl sites for hydroxylation is 2. The maximum absolute atomic E-state index is 12.7. The molecule has 156 valence electrons. The van der Waals surface area contributed by atoms with Gasteiger partial charge >= 0.3 is 0 Å². The molecule has 3 aromatic rings. The van der Waals surface area contributed by atoms with Crippen molar-refractivity contribution in [2.24, 2.45) is 0 Å². The quantitative estimate of drug-likeness (QED) is 0.520. The highest BCUT2D eigenvalue weighted by Gasteiger charge is 2.28. The Morgan fingerprint density at radius 2 is 1.90 bits per heavy atom. The Bertz CT molecular complexity index is 1070. The Morgan fingerprint density at radius 3 is 2.60 bits per heavy atom. The van der Waals surface area contributed by atoms with Crippen LogP contribution < -0.4 is 11.1 Å². The lowest BCUT2D eigenvalue weighted by Crippen LogP contribution is -2.08. The van der Waals surface area contributed by atoms with Gasteiger partial charge in [-0.15, -0.1) is 11.8 Å². The Hall–Kier alpha value is -2.87. The van der Waals surface area contributed by atoms with E-state index in [1.54, 1.807) is 0 Å². The zero-order valence-electron chi connectivity index (χ0n) is 17.5. The number of hydrogen-bond acceptors (Lipinski definition) is 7. The van der Waals surface area contributed by atoms with Crippen molar-refractivity contribution < 1.29 is 4.79 Å². The second-order valence-corrected chi connectivity index (χ2v) is 8.71. The van der Waals surface area contributed by atoms with Gasteiger partial charge in [-0.05, 0) is 51.8 Å². The van der Waals surface area contributed by atoms with E-state index in [0.717, 1.165) is 16.9 Å². The van der Waals surface area contributed by atoms with Crippen LogP contribution in [0.2, 0.25) is 0 Å². The summed E-state index contributed by atoms with van der Waals surface area (Å²) in [5, 5.41) is 3.15. The minimum absolute atomic E-state index is 0.139. The fraction of sp³-hybridized carbons (Fsp3) is 0.364. The third-order valence-electron chi connectivity index (χ3n) is 5.17. The van der Waals surface area contributed by atoms with Crippen LogP contribution in [0.15, 0.2) is 30.3 Å². The number of carbonyl (C=O) groups is 1. The molecule has 0 radical (unpaired) electrons. The monoisotopic (exact) mass is 422 g/mol. The van der Waals surface area contributed by atoms with Crippen LogP contribution in [-0.2, 0) is 5.75 Å². The summed E-state index contributed by atoms with van der Waals surface area (Å²) >= 11 is 1.49. The third-order valence-corrected chi connectivity index (χ3v) is 6.10. The molecule has 0 unspecified atom stereocenters. The van der Waals surface area contributed by atoms with Crippen LogP contribution in [0.25, 0.3) is 0 Å². The third kappa shape index (κ3) is 4.64. The second kappa shape index (κ2) is 8.47. The van der Waals surface area contributed by atoms with Gasteiger partial charge in [0.15, 0.2) is 5.78 Å². The normalized spacial score (nSPS) is 13.4. The summed E-state index contributed by atoms with van der Waals surface area (Å²) < 4.78 is 2.30. The largest absolute Gasteiger partial charge is 0.368 e. The number of anilines is 3. The van der Waals surface area contributed by atoms with Gasteiger partial charge in [0.1, 0.15) is 5.82 Å². The Kier molecular flexibility index (Phi) is 5.76. The van der Waals surface area contributed by atoms with Gasteiger partial charge in [0.2, 0.25) is 11.9 Å². The maximum Gasteiger partial charge on any atom is 0.232 e. The second-order valence-electron chi connectivity index (χ2n) is 7.73. The lowest BCUT2D eigenvalue weighted by molar-refractivity contribution is 0.102. The number of benzene rings is 1. The smallest absolute Gasteiger partial charge is 0.232 e. The lowest BCUT2D eigenvalue weighted by atomic mass is 10.2. The molecule has 8 heteroatoms. The van der Waals surface area contributed by atoms with Gasteiger partial charge in [0.05, 0.1) is 11.5 Å². The molecule has 1 saturated carbocycles. The molecule has 2 aromatic heterocycles. The molecule has 0 atom stereocenters. The molecule has 0 aliphatic heterocycles. The van der Waals surface area contributed by atoms with Crippen molar-refractivity contribution in [3.05, 3.63) is 58.7 Å². The van der Waals surface area contributed by atoms with Crippen molar-refractivity contribution in [2.45, 2.75) is 45.4 Å². The Morgan fingerprint density at radius 1 is 1.17 bits per heavy atom. The highest BCUT2D eigenvalue weighted by atomic mass is 32.2. The standard InChI is InChI=1S/C22H26N6OS/c1-13-4-6-16(7-5-13)24-22-26-20(25-21(23)27-22)12-30-11-19(29)18-10-14(2)28(15(18)3)17-8-9-17/h4-7,10,17H,8-9,11-12H2,1-3H3,(H3,23,24,25,26,27). The summed E-state index contributed by atoms with van der Waals surface area (Å²) in [5.41, 5.74) is 11.0. The minimum Gasteiger partial charge on any atom is -0.368 e. The fourth-order valence-corrected chi connectivity index (χ4v) is 4.35. The topological polar surface area (TPSA) is 98.7 Å². The van der Waals surface area contributed by atoms with Crippen LogP contribution in [-0.4, -0.2) is 31.1 Å². The number of aromatic nitrogens is 4. The van der Waals surface area contributed by atoms with Crippen molar-refractivity contribution in [2.75, 3.05) is 16.8 Å². The van der Waals surface area contributed by atoms with Crippen LogP contribution in [0.4, 0.5) is 17.6 Å². The molecule has 0 bridgehead atoms. The molecule has 1 aromatic carbocycles. The van der Waals surface area contributed by atoms with E-state index in [0.29, 0.717) is 29.3 Å². The van der Waals surface area contributed by atoms with Crippen molar-refractivity contribution in [1.82, 2.24) is 19.5 Å². The average molecular weight is 423 g/mol. The summed E-state index contributed by atoms with van der Waals surface area (Å²) in [6.07, 6.45) is 2.41.